The minimum absolute atomic E-state index is 0.0938. The summed E-state index contributed by atoms with van der Waals surface area (Å²) in [6.45, 7) is 6.11. The van der Waals surface area contributed by atoms with Crippen molar-refractivity contribution < 1.29 is 19.1 Å². The highest BCUT2D eigenvalue weighted by atomic mass is 32.2. The molecule has 2 aliphatic rings. The lowest BCUT2D eigenvalue weighted by molar-refractivity contribution is -0.115. The van der Waals surface area contributed by atoms with E-state index >= 15 is 0 Å². The largest absolute Gasteiger partial charge is 0.493 e. The zero-order chi connectivity index (χ0) is 28.1. The SMILES string of the molecule is COc1cc(/C=C2\SC(=Nc3ccc(C)c(C)c3)NC2=O)ccc1OCc1ccc(C(=O)N2CCCCC2)cc1. The standard InChI is InChI=1S/C32H33N3O4S/c1-21-7-13-26(17-22(21)2)33-32-34-30(36)29(40-32)19-24-10-14-27(28(18-24)38-3)39-20-23-8-11-25(12-9-23)31(37)35-15-5-4-6-16-35/h7-14,17-19H,4-6,15-16,20H2,1-3H3,(H,33,34,36)/b29-19-. The molecular weight excluding hydrogens is 522 g/mol. The van der Waals surface area contributed by atoms with E-state index in [4.69, 9.17) is 9.47 Å². The highest BCUT2D eigenvalue weighted by molar-refractivity contribution is 8.18. The van der Waals surface area contributed by atoms with Crippen molar-refractivity contribution in [1.82, 2.24) is 10.2 Å². The zero-order valence-corrected chi connectivity index (χ0v) is 23.8. The molecule has 5 rings (SSSR count). The second-order valence-corrected chi connectivity index (χ2v) is 11.0. The molecule has 7 nitrogen and oxygen atoms in total. The Balaban J connectivity index is 1.22. The van der Waals surface area contributed by atoms with E-state index in [1.165, 1.54) is 23.7 Å². The summed E-state index contributed by atoms with van der Waals surface area (Å²) in [5.41, 5.74) is 5.64. The molecule has 2 heterocycles. The van der Waals surface area contributed by atoms with Crippen LogP contribution in [0.2, 0.25) is 0 Å². The van der Waals surface area contributed by atoms with Gasteiger partial charge in [0, 0.05) is 18.7 Å². The average molecular weight is 556 g/mol. The quantitative estimate of drug-likeness (QED) is 0.341. The van der Waals surface area contributed by atoms with E-state index in [0.29, 0.717) is 33.7 Å². The summed E-state index contributed by atoms with van der Waals surface area (Å²) in [6, 6.07) is 19.1. The Morgan fingerprint density at radius 1 is 0.975 bits per heavy atom. The van der Waals surface area contributed by atoms with Crippen molar-refractivity contribution in [2.45, 2.75) is 39.7 Å². The normalized spacial score (nSPS) is 17.3. The minimum atomic E-state index is -0.186. The number of hydrogen-bond acceptors (Lipinski definition) is 6. The van der Waals surface area contributed by atoms with Gasteiger partial charge < -0.3 is 19.7 Å². The van der Waals surface area contributed by atoms with Gasteiger partial charge in [-0.1, -0.05) is 24.3 Å². The number of amidine groups is 1. The minimum Gasteiger partial charge on any atom is -0.493 e. The van der Waals surface area contributed by atoms with E-state index < -0.39 is 0 Å². The summed E-state index contributed by atoms with van der Waals surface area (Å²) in [7, 11) is 1.59. The third kappa shape index (κ3) is 6.57. The molecular formula is C32H33N3O4S. The number of nitrogens with one attached hydrogen (secondary N) is 1. The van der Waals surface area contributed by atoms with Crippen LogP contribution in [0.3, 0.4) is 0 Å². The maximum absolute atomic E-state index is 12.7. The van der Waals surface area contributed by atoms with E-state index in [-0.39, 0.29) is 11.8 Å². The second-order valence-electron chi connectivity index (χ2n) is 10.00. The first-order valence-electron chi connectivity index (χ1n) is 13.5. The number of rotatable bonds is 7. The Labute approximate surface area is 239 Å². The molecule has 3 aromatic rings. The summed E-state index contributed by atoms with van der Waals surface area (Å²) in [4.78, 5) is 32.4. The molecule has 206 valence electrons. The van der Waals surface area contributed by atoms with Gasteiger partial charge in [0.15, 0.2) is 16.7 Å². The second kappa shape index (κ2) is 12.4. The van der Waals surface area contributed by atoms with Gasteiger partial charge in [0.1, 0.15) is 6.61 Å². The van der Waals surface area contributed by atoms with Crippen molar-refractivity contribution >= 4 is 40.5 Å². The lowest BCUT2D eigenvalue weighted by atomic mass is 10.1. The summed E-state index contributed by atoms with van der Waals surface area (Å²) in [6.07, 6.45) is 5.16. The van der Waals surface area contributed by atoms with Crippen molar-refractivity contribution in [3.05, 3.63) is 93.4 Å². The number of thioether (sulfide) groups is 1. The number of carbonyl (C=O) groups excluding carboxylic acids is 2. The molecule has 0 aromatic heterocycles. The number of nitrogens with zero attached hydrogens (tertiary/aromatic N) is 2. The van der Waals surface area contributed by atoms with Crippen LogP contribution in [0.25, 0.3) is 6.08 Å². The van der Waals surface area contributed by atoms with E-state index in [9.17, 15) is 9.59 Å². The number of ether oxygens (including phenoxy) is 2. The van der Waals surface area contributed by atoms with E-state index in [0.717, 1.165) is 48.3 Å². The molecule has 0 radical (unpaired) electrons. The van der Waals surface area contributed by atoms with E-state index in [1.807, 2.05) is 78.6 Å². The van der Waals surface area contributed by atoms with Crippen LogP contribution < -0.4 is 14.8 Å². The molecule has 0 saturated carbocycles. The fourth-order valence-electron chi connectivity index (χ4n) is 4.62. The molecule has 0 atom stereocenters. The summed E-state index contributed by atoms with van der Waals surface area (Å²) >= 11 is 1.31. The molecule has 2 aliphatic heterocycles. The molecule has 1 N–H and O–H groups in total. The lowest BCUT2D eigenvalue weighted by Gasteiger charge is -2.26. The number of piperidine rings is 1. The maximum Gasteiger partial charge on any atom is 0.264 e. The van der Waals surface area contributed by atoms with Crippen LogP contribution >= 0.6 is 11.8 Å². The van der Waals surface area contributed by atoms with Gasteiger partial charge in [-0.05, 0) is 110 Å². The van der Waals surface area contributed by atoms with Crippen LogP contribution in [0.15, 0.2) is 70.6 Å². The topological polar surface area (TPSA) is 80.2 Å². The van der Waals surface area contributed by atoms with E-state index in [2.05, 4.69) is 17.2 Å². The van der Waals surface area contributed by atoms with Crippen LogP contribution in [0.4, 0.5) is 5.69 Å². The Kier molecular flexibility index (Phi) is 8.55. The van der Waals surface area contributed by atoms with Gasteiger partial charge in [-0.2, -0.15) is 0 Å². The van der Waals surface area contributed by atoms with Crippen molar-refractivity contribution in [3.8, 4) is 11.5 Å². The number of aliphatic imine (C=N–C) groups is 1. The zero-order valence-electron chi connectivity index (χ0n) is 23.0. The molecule has 3 aromatic carbocycles. The van der Waals surface area contributed by atoms with Gasteiger partial charge in [-0.3, -0.25) is 9.59 Å². The molecule has 0 unspecified atom stereocenters. The number of aryl methyl sites for hydroxylation is 2. The predicted octanol–water partition coefficient (Wildman–Crippen LogP) is 6.41. The number of likely N-dealkylation sites (tertiary alicyclic amines) is 1. The highest BCUT2D eigenvalue weighted by Gasteiger charge is 2.24. The first-order valence-corrected chi connectivity index (χ1v) is 14.3. The maximum atomic E-state index is 12.7. The smallest absolute Gasteiger partial charge is 0.264 e. The van der Waals surface area contributed by atoms with Crippen LogP contribution in [-0.2, 0) is 11.4 Å². The summed E-state index contributed by atoms with van der Waals surface area (Å²) < 4.78 is 11.6. The van der Waals surface area contributed by atoms with Gasteiger partial charge in [0.2, 0.25) is 0 Å². The van der Waals surface area contributed by atoms with Gasteiger partial charge in [-0.25, -0.2) is 4.99 Å². The van der Waals surface area contributed by atoms with Crippen LogP contribution in [0, 0.1) is 13.8 Å². The highest BCUT2D eigenvalue weighted by Crippen LogP contribution is 2.33. The van der Waals surface area contributed by atoms with Gasteiger partial charge in [0.25, 0.3) is 11.8 Å². The van der Waals surface area contributed by atoms with Gasteiger partial charge >= 0.3 is 0 Å². The molecule has 40 heavy (non-hydrogen) atoms. The Morgan fingerprint density at radius 2 is 1.75 bits per heavy atom. The van der Waals surface area contributed by atoms with Crippen molar-refractivity contribution in [3.63, 3.8) is 0 Å². The number of benzene rings is 3. The van der Waals surface area contributed by atoms with Crippen molar-refractivity contribution in [1.29, 1.82) is 0 Å². The molecule has 0 bridgehead atoms. The molecule has 0 spiro atoms. The number of hydrogen-bond donors (Lipinski definition) is 1. The van der Waals surface area contributed by atoms with Gasteiger partial charge in [-0.15, -0.1) is 0 Å². The average Bonchev–Trinajstić information content (AvgIpc) is 3.32. The molecule has 8 heteroatoms. The molecule has 2 fully saturated rings. The van der Waals surface area contributed by atoms with E-state index in [1.54, 1.807) is 7.11 Å². The number of methoxy groups -OCH3 is 1. The lowest BCUT2D eigenvalue weighted by Crippen LogP contribution is -2.35. The van der Waals surface area contributed by atoms with Crippen LogP contribution in [0.1, 0.15) is 51.9 Å². The van der Waals surface area contributed by atoms with Crippen molar-refractivity contribution in [2.75, 3.05) is 20.2 Å². The van der Waals surface area contributed by atoms with Crippen LogP contribution in [0.5, 0.6) is 11.5 Å². The summed E-state index contributed by atoms with van der Waals surface area (Å²) in [5, 5.41) is 3.39. The first-order chi connectivity index (χ1) is 19.4. The Bertz CT molecular complexity index is 1470. The number of carbonyl (C=O) groups is 2. The fraction of sp³-hybridized carbons (Fsp3) is 0.281. The molecule has 2 amide bonds. The predicted molar refractivity (Wildman–Crippen MR) is 160 cm³/mol. The third-order valence-corrected chi connectivity index (χ3v) is 8.01. The molecule has 2 saturated heterocycles. The Morgan fingerprint density at radius 3 is 2.48 bits per heavy atom. The number of amides is 2. The third-order valence-electron chi connectivity index (χ3n) is 7.10. The Hall–Kier alpha value is -4.04. The first kappa shape index (κ1) is 27.5. The van der Waals surface area contributed by atoms with Gasteiger partial charge in [0.05, 0.1) is 17.7 Å². The van der Waals surface area contributed by atoms with Crippen LogP contribution in [-0.4, -0.2) is 42.1 Å². The van der Waals surface area contributed by atoms with Crippen molar-refractivity contribution in [2.24, 2.45) is 4.99 Å². The monoisotopic (exact) mass is 555 g/mol. The molecule has 0 aliphatic carbocycles. The summed E-state index contributed by atoms with van der Waals surface area (Å²) in [5.74, 6) is 1.07. The fourth-order valence-corrected chi connectivity index (χ4v) is 5.46.